The summed E-state index contributed by atoms with van der Waals surface area (Å²) in [5.74, 6) is 1.43. The Morgan fingerprint density at radius 1 is 1.17 bits per heavy atom. The molecule has 1 aromatic rings. The van der Waals surface area contributed by atoms with Crippen LogP contribution in [0.25, 0.3) is 0 Å². The van der Waals surface area contributed by atoms with E-state index in [9.17, 15) is 0 Å². The highest BCUT2D eigenvalue weighted by Gasteiger charge is 1.90. The molecule has 0 atom stereocenters. The smallest absolute Gasteiger partial charge is 0.118 e. The van der Waals surface area contributed by atoms with Crippen molar-refractivity contribution < 1.29 is 4.74 Å². The van der Waals surface area contributed by atoms with E-state index in [-0.39, 0.29) is 0 Å². The molecule has 0 unspecified atom stereocenters. The molecule has 0 spiro atoms. The number of hydrogen-bond acceptors (Lipinski definition) is 1. The maximum Gasteiger partial charge on any atom is 0.118 e. The Kier molecular flexibility index (Phi) is 6.58. The number of benzene rings is 1. The van der Waals surface area contributed by atoms with Crippen molar-refractivity contribution in [2.45, 2.75) is 19.7 Å². The number of rotatable bonds is 2. The lowest BCUT2D eigenvalue weighted by molar-refractivity contribution is 0.414. The average Bonchev–Trinajstić information content (AvgIpc) is 2.21. The molecule has 2 heteroatoms. The minimum Gasteiger partial charge on any atom is -0.497 e. The molecule has 0 N–H and O–H groups in total. The van der Waals surface area contributed by atoms with Crippen LogP contribution in [-0.4, -0.2) is 7.11 Å². The van der Waals surface area contributed by atoms with Gasteiger partial charge in [0.15, 0.2) is 0 Å². The van der Waals surface area contributed by atoms with E-state index in [0.717, 1.165) is 11.3 Å². The van der Waals surface area contributed by atoms with Crippen LogP contribution in [0.2, 0.25) is 0 Å². The molecule has 0 aliphatic heterocycles. The molecule has 1 rings (SSSR count). The molecular weight excluding hydrogens is 172 g/mol. The molecule has 0 aliphatic rings. The highest BCUT2D eigenvalue weighted by atomic mass is 35.5. The normalized spacial score (nSPS) is 8.33. The van der Waals surface area contributed by atoms with Crippen molar-refractivity contribution in [1.82, 2.24) is 0 Å². The Morgan fingerprint density at radius 3 is 2.00 bits per heavy atom. The first-order chi connectivity index (χ1) is 5.86. The van der Waals surface area contributed by atoms with E-state index in [4.69, 9.17) is 16.3 Å². The van der Waals surface area contributed by atoms with Crippen molar-refractivity contribution in [3.05, 3.63) is 29.8 Å². The average molecular weight is 187 g/mol. The van der Waals surface area contributed by atoms with Gasteiger partial charge in [0.2, 0.25) is 0 Å². The fourth-order valence-electron chi connectivity index (χ4n) is 0.715. The third kappa shape index (κ3) is 3.63. The maximum absolute atomic E-state index is 5.58. The third-order valence-corrected chi connectivity index (χ3v) is 1.62. The minimum atomic E-state index is 0.560. The van der Waals surface area contributed by atoms with Crippen molar-refractivity contribution in [1.29, 1.82) is 0 Å². The van der Waals surface area contributed by atoms with Crippen LogP contribution in [0.5, 0.6) is 5.75 Å². The Balaban J connectivity index is 0.000000561. The fourth-order valence-corrected chi connectivity index (χ4v) is 0.893. The summed E-state index contributed by atoms with van der Waals surface area (Å²) in [6.45, 7) is 4.00. The Hall–Kier alpha value is -0.690. The predicted octanol–water partition coefficient (Wildman–Crippen LogP) is 3.46. The lowest BCUT2D eigenvalue weighted by Gasteiger charge is -1.98. The van der Waals surface area contributed by atoms with Gasteiger partial charge >= 0.3 is 0 Å². The molecule has 1 aromatic carbocycles. The van der Waals surface area contributed by atoms with Crippen molar-refractivity contribution in [3.63, 3.8) is 0 Å². The van der Waals surface area contributed by atoms with Gasteiger partial charge in [-0.1, -0.05) is 26.0 Å². The lowest BCUT2D eigenvalue weighted by Crippen LogP contribution is -1.82. The van der Waals surface area contributed by atoms with E-state index in [0.29, 0.717) is 5.88 Å². The molecule has 0 saturated heterocycles. The van der Waals surface area contributed by atoms with Crippen LogP contribution in [0.1, 0.15) is 19.4 Å². The van der Waals surface area contributed by atoms with Crippen molar-refractivity contribution in [3.8, 4) is 5.75 Å². The van der Waals surface area contributed by atoms with E-state index >= 15 is 0 Å². The van der Waals surface area contributed by atoms with Gasteiger partial charge in [-0.15, -0.1) is 11.6 Å². The summed E-state index contributed by atoms with van der Waals surface area (Å²) in [7, 11) is 1.65. The van der Waals surface area contributed by atoms with E-state index in [1.807, 2.05) is 38.1 Å². The van der Waals surface area contributed by atoms with Crippen molar-refractivity contribution in [2.24, 2.45) is 0 Å². The second-order valence-corrected chi connectivity index (χ2v) is 2.25. The fraction of sp³-hybridized carbons (Fsp3) is 0.400. The Bertz CT molecular complexity index is 170. The highest BCUT2D eigenvalue weighted by Crippen LogP contribution is 2.12. The van der Waals surface area contributed by atoms with Crippen LogP contribution in [0.4, 0.5) is 0 Å². The summed E-state index contributed by atoms with van der Waals surface area (Å²) in [4.78, 5) is 0. The van der Waals surface area contributed by atoms with Crippen molar-refractivity contribution >= 4 is 11.6 Å². The Labute approximate surface area is 79.3 Å². The van der Waals surface area contributed by atoms with Crippen LogP contribution in [0.15, 0.2) is 24.3 Å². The molecule has 0 heterocycles. The third-order valence-electron chi connectivity index (χ3n) is 1.31. The highest BCUT2D eigenvalue weighted by molar-refractivity contribution is 6.17. The minimum absolute atomic E-state index is 0.560. The van der Waals surface area contributed by atoms with Gasteiger partial charge in [0.25, 0.3) is 0 Å². The van der Waals surface area contributed by atoms with Crippen LogP contribution >= 0.6 is 11.6 Å². The number of hydrogen-bond donors (Lipinski definition) is 0. The predicted molar refractivity (Wildman–Crippen MR) is 53.9 cm³/mol. The van der Waals surface area contributed by atoms with Gasteiger partial charge in [-0.2, -0.15) is 0 Å². The standard InChI is InChI=1S/C8H9ClO.C2H6/c1-10-8-4-2-7(6-9)3-5-8;1-2/h2-5H,6H2,1H3;1-2H3. The molecule has 0 aromatic heterocycles. The van der Waals surface area contributed by atoms with Gasteiger partial charge < -0.3 is 4.74 Å². The summed E-state index contributed by atoms with van der Waals surface area (Å²) in [6, 6.07) is 7.70. The molecule has 0 amide bonds. The number of methoxy groups -OCH3 is 1. The second kappa shape index (κ2) is 6.99. The topological polar surface area (TPSA) is 9.23 Å². The van der Waals surface area contributed by atoms with E-state index < -0.39 is 0 Å². The van der Waals surface area contributed by atoms with Crippen LogP contribution in [-0.2, 0) is 5.88 Å². The molecule has 0 aliphatic carbocycles. The largest absolute Gasteiger partial charge is 0.497 e. The first-order valence-electron chi connectivity index (χ1n) is 4.05. The molecule has 12 heavy (non-hydrogen) atoms. The molecule has 0 saturated carbocycles. The quantitative estimate of drug-likeness (QED) is 0.643. The first-order valence-corrected chi connectivity index (χ1v) is 4.59. The van der Waals surface area contributed by atoms with E-state index in [1.165, 1.54) is 0 Å². The van der Waals surface area contributed by atoms with Gasteiger partial charge in [-0.25, -0.2) is 0 Å². The van der Waals surface area contributed by atoms with E-state index in [1.54, 1.807) is 7.11 Å². The SMILES string of the molecule is CC.COc1ccc(CCl)cc1. The molecule has 1 nitrogen and oxygen atoms in total. The summed E-state index contributed by atoms with van der Waals surface area (Å²) in [5.41, 5.74) is 1.11. The number of halogens is 1. The summed E-state index contributed by atoms with van der Waals surface area (Å²) >= 11 is 5.58. The van der Waals surface area contributed by atoms with Gasteiger partial charge in [-0.05, 0) is 17.7 Å². The molecule has 68 valence electrons. The van der Waals surface area contributed by atoms with Gasteiger partial charge in [0.1, 0.15) is 5.75 Å². The van der Waals surface area contributed by atoms with E-state index in [2.05, 4.69) is 0 Å². The van der Waals surface area contributed by atoms with Crippen LogP contribution in [0.3, 0.4) is 0 Å². The zero-order chi connectivity index (χ0) is 9.40. The van der Waals surface area contributed by atoms with Crippen LogP contribution in [0, 0.1) is 0 Å². The van der Waals surface area contributed by atoms with Crippen LogP contribution < -0.4 is 4.74 Å². The van der Waals surface area contributed by atoms with Gasteiger partial charge in [0, 0.05) is 5.88 Å². The summed E-state index contributed by atoms with van der Waals surface area (Å²) < 4.78 is 4.97. The molecule has 0 radical (unpaired) electrons. The summed E-state index contributed by atoms with van der Waals surface area (Å²) in [6.07, 6.45) is 0. The second-order valence-electron chi connectivity index (χ2n) is 1.98. The molecule has 0 bridgehead atoms. The van der Waals surface area contributed by atoms with Crippen molar-refractivity contribution in [2.75, 3.05) is 7.11 Å². The van der Waals surface area contributed by atoms with Gasteiger partial charge in [0.05, 0.1) is 7.11 Å². The molecular formula is C10H15ClO. The number of ether oxygens (including phenoxy) is 1. The zero-order valence-electron chi connectivity index (χ0n) is 7.80. The first kappa shape index (κ1) is 11.3. The summed E-state index contributed by atoms with van der Waals surface area (Å²) in [5, 5.41) is 0. The zero-order valence-corrected chi connectivity index (χ0v) is 8.56. The van der Waals surface area contributed by atoms with Gasteiger partial charge in [-0.3, -0.25) is 0 Å². The maximum atomic E-state index is 5.58. The molecule has 0 fully saturated rings. The Morgan fingerprint density at radius 2 is 1.67 bits per heavy atom. The number of alkyl halides is 1. The monoisotopic (exact) mass is 186 g/mol. The lowest BCUT2D eigenvalue weighted by atomic mass is 10.2.